The fraction of sp³-hybridized carbons (Fsp3) is 0.222. The molecule has 0 aliphatic heterocycles. The van der Waals surface area contributed by atoms with E-state index in [0.29, 0.717) is 16.7 Å². The third kappa shape index (κ3) is 5.28. The molecular formula is C18H17BrN2O3. The Labute approximate surface area is 151 Å². The lowest BCUT2D eigenvalue weighted by atomic mass is 10.1. The van der Waals surface area contributed by atoms with Gasteiger partial charge in [-0.15, -0.1) is 0 Å². The molecule has 124 valence electrons. The number of pyridine rings is 1. The van der Waals surface area contributed by atoms with E-state index in [1.54, 1.807) is 67.2 Å². The molecule has 1 heterocycles. The highest BCUT2D eigenvalue weighted by atomic mass is 79.9. The molecule has 0 unspecified atom stereocenters. The zero-order chi connectivity index (χ0) is 16.8. The van der Waals surface area contributed by atoms with Crippen LogP contribution >= 0.6 is 0 Å². The summed E-state index contributed by atoms with van der Waals surface area (Å²) in [6.45, 7) is 3.74. The number of hydrogen-bond donors (Lipinski definition) is 0. The maximum atomic E-state index is 12.2. The number of halogens is 1. The Hall–Kier alpha value is -2.52. The Morgan fingerprint density at radius 3 is 2.17 bits per heavy atom. The highest BCUT2D eigenvalue weighted by Gasteiger charge is 2.14. The summed E-state index contributed by atoms with van der Waals surface area (Å²) in [5.41, 5.74) is 1.50. The molecule has 0 aliphatic carbocycles. The van der Waals surface area contributed by atoms with Crippen molar-refractivity contribution in [1.82, 2.24) is 0 Å². The number of nitrogens with zero attached hydrogens (tertiary/aromatic N) is 2. The molecule has 24 heavy (non-hydrogen) atoms. The molecule has 2 rings (SSSR count). The summed E-state index contributed by atoms with van der Waals surface area (Å²) >= 11 is 0. The van der Waals surface area contributed by atoms with Gasteiger partial charge < -0.3 is 21.7 Å². The molecule has 0 saturated carbocycles. The number of Topliss-reactive ketones (excluding diaryl/α,β-unsaturated/α-hetero) is 1. The van der Waals surface area contributed by atoms with Crippen LogP contribution < -0.4 is 21.5 Å². The molecule has 5 nitrogen and oxygen atoms in total. The molecule has 0 aliphatic rings. The second-order valence-corrected chi connectivity index (χ2v) is 5.33. The van der Waals surface area contributed by atoms with Crippen molar-refractivity contribution >= 4 is 11.8 Å². The molecule has 0 bridgehead atoms. The Bertz CT molecular complexity index is 747. The Morgan fingerprint density at radius 1 is 1.08 bits per heavy atom. The zero-order valence-electron chi connectivity index (χ0n) is 13.4. The zero-order valence-corrected chi connectivity index (χ0v) is 15.0. The summed E-state index contributed by atoms with van der Waals surface area (Å²) in [4.78, 5) is 23.9. The predicted molar refractivity (Wildman–Crippen MR) is 82.7 cm³/mol. The van der Waals surface area contributed by atoms with Gasteiger partial charge in [0.05, 0.1) is 23.3 Å². The lowest BCUT2D eigenvalue weighted by Gasteiger charge is -2.06. The fourth-order valence-corrected chi connectivity index (χ4v) is 1.97. The Morgan fingerprint density at radius 2 is 1.67 bits per heavy atom. The van der Waals surface area contributed by atoms with Gasteiger partial charge in [-0.05, 0) is 38.1 Å². The van der Waals surface area contributed by atoms with Crippen LogP contribution in [0.4, 0.5) is 0 Å². The van der Waals surface area contributed by atoms with Crippen molar-refractivity contribution in [2.24, 2.45) is 0 Å². The maximum absolute atomic E-state index is 12.2. The number of benzene rings is 1. The minimum atomic E-state index is -0.384. The molecule has 1 aromatic heterocycles. The van der Waals surface area contributed by atoms with E-state index in [1.165, 1.54) is 0 Å². The molecule has 1 aromatic carbocycles. The SMILES string of the molecule is CC(C)OC(=O)c1cc[n+](CC(=O)c2ccc(C#N)cc2)cc1.[Br-]. The van der Waals surface area contributed by atoms with Crippen molar-refractivity contribution in [3.8, 4) is 6.07 Å². The van der Waals surface area contributed by atoms with Crippen molar-refractivity contribution in [1.29, 1.82) is 5.26 Å². The van der Waals surface area contributed by atoms with E-state index in [2.05, 4.69) is 0 Å². The predicted octanol–water partition coefficient (Wildman–Crippen LogP) is -0.702. The second-order valence-electron chi connectivity index (χ2n) is 5.33. The summed E-state index contributed by atoms with van der Waals surface area (Å²) < 4.78 is 6.79. The van der Waals surface area contributed by atoms with Crippen molar-refractivity contribution < 1.29 is 35.9 Å². The number of ether oxygens (including phenoxy) is 1. The lowest BCUT2D eigenvalue weighted by Crippen LogP contribution is -3.00. The monoisotopic (exact) mass is 388 g/mol. The minimum Gasteiger partial charge on any atom is -1.00 e. The third-order valence-corrected chi connectivity index (χ3v) is 3.13. The maximum Gasteiger partial charge on any atom is 0.338 e. The van der Waals surface area contributed by atoms with Gasteiger partial charge in [0, 0.05) is 17.7 Å². The van der Waals surface area contributed by atoms with E-state index in [-0.39, 0.29) is 41.4 Å². The van der Waals surface area contributed by atoms with Crippen LogP contribution in [0.15, 0.2) is 48.8 Å². The molecule has 0 spiro atoms. The first-order chi connectivity index (χ1) is 11.0. The summed E-state index contributed by atoms with van der Waals surface area (Å²) in [5.74, 6) is -0.456. The van der Waals surface area contributed by atoms with Gasteiger partial charge in [0.1, 0.15) is 0 Å². The van der Waals surface area contributed by atoms with E-state index in [1.807, 2.05) is 6.07 Å². The van der Waals surface area contributed by atoms with Gasteiger partial charge in [-0.1, -0.05) is 0 Å². The van der Waals surface area contributed by atoms with Gasteiger partial charge in [-0.2, -0.15) is 9.83 Å². The summed E-state index contributed by atoms with van der Waals surface area (Å²) in [6.07, 6.45) is 3.16. The topological polar surface area (TPSA) is 71.0 Å². The molecule has 0 fully saturated rings. The van der Waals surface area contributed by atoms with Crippen molar-refractivity contribution in [3.63, 3.8) is 0 Å². The number of rotatable bonds is 5. The number of ketones is 1. The number of aromatic nitrogens is 1. The Balaban J connectivity index is 0.00000288. The molecule has 0 saturated heterocycles. The van der Waals surface area contributed by atoms with E-state index < -0.39 is 0 Å². The number of carbonyl (C=O) groups is 2. The van der Waals surface area contributed by atoms with Crippen LogP contribution in [0.25, 0.3) is 0 Å². The average molecular weight is 389 g/mol. The summed E-state index contributed by atoms with van der Waals surface area (Å²) in [7, 11) is 0. The quantitative estimate of drug-likeness (QED) is 0.385. The standard InChI is InChI=1S/C18H17N2O3.BrH/c1-13(2)23-18(22)16-7-9-20(10-8-16)12-17(21)15-5-3-14(11-19)4-6-15;/h3-10,13H,12H2,1-2H3;1H/q+1;/p-1. The van der Waals surface area contributed by atoms with Crippen LogP contribution in [0.1, 0.15) is 40.1 Å². The van der Waals surface area contributed by atoms with Crippen molar-refractivity contribution in [2.45, 2.75) is 26.5 Å². The van der Waals surface area contributed by atoms with Crippen LogP contribution in [-0.4, -0.2) is 17.9 Å². The van der Waals surface area contributed by atoms with Gasteiger partial charge in [0.2, 0.25) is 12.3 Å². The molecule has 0 amide bonds. The first-order valence-corrected chi connectivity index (χ1v) is 7.23. The molecule has 0 radical (unpaired) electrons. The second kappa shape index (κ2) is 8.94. The van der Waals surface area contributed by atoms with Crippen LogP contribution in [0.3, 0.4) is 0 Å². The van der Waals surface area contributed by atoms with Crippen LogP contribution in [0.2, 0.25) is 0 Å². The van der Waals surface area contributed by atoms with Gasteiger partial charge in [-0.3, -0.25) is 4.79 Å². The van der Waals surface area contributed by atoms with Gasteiger partial charge in [-0.25, -0.2) is 4.79 Å². The van der Waals surface area contributed by atoms with E-state index >= 15 is 0 Å². The van der Waals surface area contributed by atoms with Crippen LogP contribution in [0.5, 0.6) is 0 Å². The largest absolute Gasteiger partial charge is 1.00 e. The molecule has 0 atom stereocenters. The normalized spacial score (nSPS) is 9.75. The molecule has 2 aromatic rings. The molecule has 6 heteroatoms. The van der Waals surface area contributed by atoms with Gasteiger partial charge >= 0.3 is 5.97 Å². The third-order valence-electron chi connectivity index (χ3n) is 3.13. The number of carbonyl (C=O) groups excluding carboxylic acids is 2. The summed E-state index contributed by atoms with van der Waals surface area (Å²) in [5, 5.41) is 8.75. The number of esters is 1. The fourth-order valence-electron chi connectivity index (χ4n) is 1.97. The average Bonchev–Trinajstić information content (AvgIpc) is 2.55. The minimum absolute atomic E-state index is 0. The number of hydrogen-bond acceptors (Lipinski definition) is 4. The number of nitriles is 1. The Kier molecular flexibility index (Phi) is 7.28. The highest BCUT2D eigenvalue weighted by Crippen LogP contribution is 2.05. The van der Waals surface area contributed by atoms with Crippen LogP contribution in [-0.2, 0) is 11.3 Å². The first kappa shape index (κ1) is 19.5. The smallest absolute Gasteiger partial charge is 0.338 e. The van der Waals surface area contributed by atoms with Crippen molar-refractivity contribution in [2.75, 3.05) is 0 Å². The van der Waals surface area contributed by atoms with E-state index in [4.69, 9.17) is 10.00 Å². The highest BCUT2D eigenvalue weighted by molar-refractivity contribution is 5.95. The first-order valence-electron chi connectivity index (χ1n) is 7.23. The molecule has 0 N–H and O–H groups in total. The lowest BCUT2D eigenvalue weighted by molar-refractivity contribution is -0.683. The van der Waals surface area contributed by atoms with E-state index in [9.17, 15) is 9.59 Å². The van der Waals surface area contributed by atoms with Gasteiger partial charge in [0.15, 0.2) is 12.4 Å². The van der Waals surface area contributed by atoms with Crippen molar-refractivity contribution in [3.05, 3.63) is 65.5 Å². The van der Waals surface area contributed by atoms with Crippen LogP contribution in [0, 0.1) is 11.3 Å². The molecular weight excluding hydrogens is 372 g/mol. The van der Waals surface area contributed by atoms with Gasteiger partial charge in [0.25, 0.3) is 0 Å². The summed E-state index contributed by atoms with van der Waals surface area (Å²) in [6, 6.07) is 11.8. The van der Waals surface area contributed by atoms with E-state index in [0.717, 1.165) is 0 Å².